The van der Waals surface area contributed by atoms with Crippen molar-refractivity contribution < 1.29 is 31.1 Å². The first-order chi connectivity index (χ1) is 8.12. The molecule has 0 saturated heterocycles. The van der Waals surface area contributed by atoms with Crippen LogP contribution in [0.1, 0.15) is 26.7 Å². The van der Waals surface area contributed by atoms with Crippen LogP contribution in [0.4, 0.5) is 13.2 Å². The quantitative estimate of drug-likeness (QED) is 0.568. The van der Waals surface area contributed by atoms with E-state index in [-0.39, 0.29) is 18.9 Å². The molecule has 0 aromatic rings. The predicted molar refractivity (Wildman–Crippen MR) is 58.0 cm³/mol. The van der Waals surface area contributed by atoms with Gasteiger partial charge in [0, 0.05) is 6.54 Å². The zero-order chi connectivity index (χ0) is 14.4. The minimum absolute atomic E-state index is 0.0164. The summed E-state index contributed by atoms with van der Waals surface area (Å²) in [6.45, 7) is 2.90. The van der Waals surface area contributed by atoms with Gasteiger partial charge in [-0.1, -0.05) is 13.8 Å². The molecule has 0 radical (unpaired) electrons. The number of ether oxygens (including phenoxy) is 1. The van der Waals surface area contributed by atoms with Crippen LogP contribution in [0.3, 0.4) is 0 Å². The largest absolute Gasteiger partial charge is 0.511 e. The number of hydrogen-bond acceptors (Lipinski definition) is 4. The Bertz CT molecular complexity index is 366. The Balaban J connectivity index is 3.86. The number of nitrogens with one attached hydrogen (secondary N) is 1. The number of esters is 1. The average molecular weight is 291 g/mol. The van der Waals surface area contributed by atoms with E-state index in [2.05, 4.69) is 0 Å². The van der Waals surface area contributed by atoms with Crippen LogP contribution in [0.2, 0.25) is 0 Å². The molecule has 0 rings (SSSR count). The maximum Gasteiger partial charge on any atom is 0.511 e. The van der Waals surface area contributed by atoms with Crippen molar-refractivity contribution in [3.63, 3.8) is 0 Å². The van der Waals surface area contributed by atoms with Gasteiger partial charge in [0.15, 0.2) is 0 Å². The van der Waals surface area contributed by atoms with Crippen LogP contribution >= 0.6 is 0 Å². The second kappa shape index (κ2) is 6.93. The van der Waals surface area contributed by atoms with Crippen molar-refractivity contribution in [1.29, 1.82) is 0 Å². The fraction of sp³-hybridized carbons (Fsp3) is 0.889. The van der Waals surface area contributed by atoms with Crippen molar-refractivity contribution in [1.82, 2.24) is 4.72 Å². The summed E-state index contributed by atoms with van der Waals surface area (Å²) in [7, 11) is -5.31. The maximum atomic E-state index is 11.9. The lowest BCUT2D eigenvalue weighted by atomic mass is 10.1. The Morgan fingerprint density at radius 3 is 2.39 bits per heavy atom. The molecule has 0 aliphatic heterocycles. The van der Waals surface area contributed by atoms with E-state index in [1.165, 1.54) is 4.72 Å². The molecule has 0 aliphatic rings. The highest BCUT2D eigenvalue weighted by molar-refractivity contribution is 7.90. The number of hydrogen-bond donors (Lipinski definition) is 1. The highest BCUT2D eigenvalue weighted by atomic mass is 32.2. The van der Waals surface area contributed by atoms with Gasteiger partial charge in [0.25, 0.3) is 0 Å². The van der Waals surface area contributed by atoms with E-state index in [1.54, 1.807) is 13.8 Å². The number of carbonyl (C=O) groups is 1. The van der Waals surface area contributed by atoms with Crippen LogP contribution in [-0.4, -0.2) is 33.0 Å². The molecule has 0 aromatic carbocycles. The van der Waals surface area contributed by atoms with Gasteiger partial charge in [-0.05, 0) is 12.8 Å². The van der Waals surface area contributed by atoms with Gasteiger partial charge in [0.2, 0.25) is 0 Å². The SMILES string of the molecule is CCC(C)C(=O)OCCCNS(=O)(=O)C(F)(F)F. The van der Waals surface area contributed by atoms with Crippen LogP contribution in [0.15, 0.2) is 0 Å². The molecule has 108 valence electrons. The molecule has 18 heavy (non-hydrogen) atoms. The second-order valence-corrected chi connectivity index (χ2v) is 5.43. The fourth-order valence-corrected chi connectivity index (χ4v) is 1.42. The van der Waals surface area contributed by atoms with Crippen LogP contribution in [0.5, 0.6) is 0 Å². The molecule has 0 saturated carbocycles. The van der Waals surface area contributed by atoms with Gasteiger partial charge in [-0.25, -0.2) is 13.1 Å². The van der Waals surface area contributed by atoms with Crippen LogP contribution in [0, 0.1) is 5.92 Å². The molecular weight excluding hydrogens is 275 g/mol. The number of alkyl halides is 3. The summed E-state index contributed by atoms with van der Waals surface area (Å²) >= 11 is 0. The van der Waals surface area contributed by atoms with E-state index in [0.717, 1.165) is 0 Å². The third-order valence-corrected chi connectivity index (χ3v) is 3.37. The van der Waals surface area contributed by atoms with Gasteiger partial charge in [-0.15, -0.1) is 0 Å². The minimum atomic E-state index is -5.32. The molecule has 1 atom stereocenters. The number of rotatable bonds is 7. The van der Waals surface area contributed by atoms with Crippen molar-refractivity contribution >= 4 is 16.0 Å². The number of carbonyl (C=O) groups excluding carboxylic acids is 1. The van der Waals surface area contributed by atoms with Gasteiger partial charge >= 0.3 is 21.5 Å². The fourth-order valence-electron chi connectivity index (χ4n) is 0.842. The van der Waals surface area contributed by atoms with Crippen LogP contribution < -0.4 is 4.72 Å². The van der Waals surface area contributed by atoms with Crippen LogP contribution in [-0.2, 0) is 19.6 Å². The van der Waals surface area contributed by atoms with Gasteiger partial charge in [-0.3, -0.25) is 4.79 Å². The molecule has 1 unspecified atom stereocenters. The zero-order valence-corrected chi connectivity index (χ0v) is 10.9. The van der Waals surface area contributed by atoms with E-state index >= 15 is 0 Å². The Hall–Kier alpha value is -0.830. The predicted octanol–water partition coefficient (Wildman–Crippen LogP) is 1.41. The van der Waals surface area contributed by atoms with E-state index < -0.39 is 28.0 Å². The lowest BCUT2D eigenvalue weighted by Gasteiger charge is -2.11. The average Bonchev–Trinajstić information content (AvgIpc) is 2.25. The van der Waals surface area contributed by atoms with E-state index in [1.807, 2.05) is 0 Å². The van der Waals surface area contributed by atoms with Crippen LogP contribution in [0.25, 0.3) is 0 Å². The third kappa shape index (κ3) is 5.67. The first kappa shape index (κ1) is 17.2. The van der Waals surface area contributed by atoms with Crippen molar-refractivity contribution in [2.75, 3.05) is 13.2 Å². The Morgan fingerprint density at radius 1 is 1.39 bits per heavy atom. The van der Waals surface area contributed by atoms with Crippen molar-refractivity contribution in [3.05, 3.63) is 0 Å². The molecule has 0 amide bonds. The molecule has 0 spiro atoms. The van der Waals surface area contributed by atoms with Crippen molar-refractivity contribution in [3.8, 4) is 0 Å². The summed E-state index contributed by atoms with van der Waals surface area (Å²) < 4.78 is 62.9. The van der Waals surface area contributed by atoms with Gasteiger partial charge < -0.3 is 4.74 Å². The third-order valence-electron chi connectivity index (χ3n) is 2.18. The Labute approximate surface area is 104 Å². The van der Waals surface area contributed by atoms with Crippen molar-refractivity contribution in [2.45, 2.75) is 32.2 Å². The highest BCUT2D eigenvalue weighted by Crippen LogP contribution is 2.21. The molecule has 1 N–H and O–H groups in total. The minimum Gasteiger partial charge on any atom is -0.465 e. The molecule has 0 aromatic heterocycles. The molecule has 9 heteroatoms. The summed E-state index contributed by atoms with van der Waals surface area (Å²) in [6, 6.07) is 0. The molecule has 0 aliphatic carbocycles. The maximum absolute atomic E-state index is 11.9. The standard InChI is InChI=1S/C9H16F3NO4S/c1-3-7(2)8(14)17-6-4-5-13-18(15,16)9(10,11)12/h7,13H,3-6H2,1-2H3. The summed E-state index contributed by atoms with van der Waals surface area (Å²) in [5.74, 6) is -0.729. The topological polar surface area (TPSA) is 72.5 Å². The molecule has 0 fully saturated rings. The molecule has 0 bridgehead atoms. The van der Waals surface area contributed by atoms with Gasteiger partial charge in [0.1, 0.15) is 0 Å². The molecule has 0 heterocycles. The summed E-state index contributed by atoms with van der Waals surface area (Å²) in [6.07, 6.45) is 0.580. The molecule has 5 nitrogen and oxygen atoms in total. The van der Waals surface area contributed by atoms with Gasteiger partial charge in [0.05, 0.1) is 12.5 Å². The first-order valence-corrected chi connectivity index (χ1v) is 6.82. The van der Waals surface area contributed by atoms with Crippen molar-refractivity contribution in [2.24, 2.45) is 5.92 Å². The van der Waals surface area contributed by atoms with E-state index in [4.69, 9.17) is 4.74 Å². The lowest BCUT2D eigenvalue weighted by molar-refractivity contribution is -0.148. The van der Waals surface area contributed by atoms with E-state index in [0.29, 0.717) is 6.42 Å². The molecular formula is C9H16F3NO4S. The first-order valence-electron chi connectivity index (χ1n) is 5.34. The Kier molecular flexibility index (Phi) is 6.61. The highest BCUT2D eigenvalue weighted by Gasteiger charge is 2.45. The zero-order valence-electron chi connectivity index (χ0n) is 10.1. The Morgan fingerprint density at radius 2 is 1.94 bits per heavy atom. The smallest absolute Gasteiger partial charge is 0.465 e. The second-order valence-electron chi connectivity index (χ2n) is 3.67. The lowest BCUT2D eigenvalue weighted by Crippen LogP contribution is -2.37. The number of sulfonamides is 1. The normalized spacial score (nSPS) is 14.3. The summed E-state index contributed by atoms with van der Waals surface area (Å²) in [5, 5.41) is 0. The monoisotopic (exact) mass is 291 g/mol. The summed E-state index contributed by atoms with van der Waals surface area (Å²) in [5.41, 5.74) is -5.32. The van der Waals surface area contributed by atoms with E-state index in [9.17, 15) is 26.4 Å². The summed E-state index contributed by atoms with van der Waals surface area (Å²) in [4.78, 5) is 11.2. The van der Waals surface area contributed by atoms with Gasteiger partial charge in [-0.2, -0.15) is 13.2 Å². The number of halogens is 3.